The highest BCUT2D eigenvalue weighted by atomic mass is 35.5. The first-order valence-corrected chi connectivity index (χ1v) is 7.33. The number of benzene rings is 2. The molecule has 0 aromatic heterocycles. The van der Waals surface area contributed by atoms with Crippen LogP contribution in [-0.4, -0.2) is 6.04 Å². The van der Waals surface area contributed by atoms with Crippen LogP contribution in [0.5, 0.6) is 0 Å². The van der Waals surface area contributed by atoms with Crippen molar-refractivity contribution in [2.24, 2.45) is 0 Å². The Labute approximate surface area is 123 Å². The first-order chi connectivity index (χ1) is 9.70. The van der Waals surface area contributed by atoms with Gasteiger partial charge in [-0.2, -0.15) is 0 Å². The van der Waals surface area contributed by atoms with Gasteiger partial charge in [-0.05, 0) is 54.2 Å². The van der Waals surface area contributed by atoms with Crippen LogP contribution >= 0.6 is 11.6 Å². The molecule has 0 heterocycles. The second kappa shape index (κ2) is 5.94. The molecule has 0 aliphatic heterocycles. The second-order valence-corrected chi connectivity index (χ2v) is 5.80. The Morgan fingerprint density at radius 3 is 2.75 bits per heavy atom. The molecule has 104 valence electrons. The number of aryl methyl sites for hydroxylation is 1. The maximum Gasteiger partial charge on any atom is 0.125 e. The van der Waals surface area contributed by atoms with Crippen LogP contribution in [0.3, 0.4) is 0 Å². The summed E-state index contributed by atoms with van der Waals surface area (Å²) in [6.07, 6.45) is 3.27. The van der Waals surface area contributed by atoms with E-state index >= 15 is 0 Å². The van der Waals surface area contributed by atoms with Gasteiger partial charge in [0, 0.05) is 17.6 Å². The Morgan fingerprint density at radius 2 is 1.95 bits per heavy atom. The lowest BCUT2D eigenvalue weighted by molar-refractivity contribution is 0.457. The van der Waals surface area contributed by atoms with Crippen molar-refractivity contribution in [3.8, 4) is 0 Å². The third-order valence-electron chi connectivity index (χ3n) is 3.86. The second-order valence-electron chi connectivity index (χ2n) is 5.37. The predicted octanol–water partition coefficient (Wildman–Crippen LogP) is 4.13. The highest BCUT2D eigenvalue weighted by Gasteiger charge is 2.17. The van der Waals surface area contributed by atoms with Gasteiger partial charge in [0.25, 0.3) is 0 Å². The van der Waals surface area contributed by atoms with Crippen LogP contribution in [0.2, 0.25) is 5.02 Å². The van der Waals surface area contributed by atoms with Gasteiger partial charge >= 0.3 is 0 Å². The van der Waals surface area contributed by atoms with Gasteiger partial charge in [0.2, 0.25) is 0 Å². The molecule has 1 unspecified atom stereocenters. The molecule has 0 radical (unpaired) electrons. The largest absolute Gasteiger partial charge is 0.310 e. The topological polar surface area (TPSA) is 12.0 Å². The predicted molar refractivity (Wildman–Crippen MR) is 80.5 cm³/mol. The van der Waals surface area contributed by atoms with E-state index in [1.54, 1.807) is 0 Å². The highest BCUT2D eigenvalue weighted by Crippen LogP contribution is 2.21. The Kier molecular flexibility index (Phi) is 4.04. The minimum absolute atomic E-state index is 0.275. The molecule has 20 heavy (non-hydrogen) atoms. The molecule has 0 amide bonds. The fraction of sp³-hybridized carbons (Fsp3) is 0.294. The standard InChI is InChI=1S/C17H17ClFN/c18-15-7-12(8-16(19)10-15)11-20-17-6-5-13-3-1-2-4-14(13)9-17/h1-4,7-8,10,17,20H,5-6,9,11H2. The zero-order valence-corrected chi connectivity index (χ0v) is 12.0. The molecule has 3 heteroatoms. The van der Waals surface area contributed by atoms with Crippen LogP contribution in [0.1, 0.15) is 23.1 Å². The van der Waals surface area contributed by atoms with E-state index < -0.39 is 0 Å². The Balaban J connectivity index is 1.62. The Bertz CT molecular complexity index is 591. The summed E-state index contributed by atoms with van der Waals surface area (Å²) in [6, 6.07) is 13.7. The number of hydrogen-bond donors (Lipinski definition) is 1. The van der Waals surface area contributed by atoms with Crippen molar-refractivity contribution < 1.29 is 4.39 Å². The van der Waals surface area contributed by atoms with Crippen molar-refractivity contribution in [3.63, 3.8) is 0 Å². The fourth-order valence-corrected chi connectivity index (χ4v) is 3.09. The van der Waals surface area contributed by atoms with Crippen LogP contribution in [0.4, 0.5) is 4.39 Å². The molecule has 0 spiro atoms. The molecule has 1 atom stereocenters. The zero-order valence-electron chi connectivity index (χ0n) is 11.2. The molecule has 2 aromatic rings. The van der Waals surface area contributed by atoms with Crippen molar-refractivity contribution in [1.29, 1.82) is 0 Å². The number of nitrogens with one attached hydrogen (secondary N) is 1. The molecule has 0 saturated heterocycles. The molecular weight excluding hydrogens is 273 g/mol. The normalized spacial score (nSPS) is 17.8. The molecule has 1 aliphatic rings. The quantitative estimate of drug-likeness (QED) is 0.896. The monoisotopic (exact) mass is 289 g/mol. The summed E-state index contributed by atoms with van der Waals surface area (Å²) >= 11 is 5.87. The summed E-state index contributed by atoms with van der Waals surface area (Å²) in [5, 5.41) is 3.96. The molecule has 0 fully saturated rings. The molecule has 1 aliphatic carbocycles. The van der Waals surface area contributed by atoms with Gasteiger partial charge in [0.05, 0.1) is 0 Å². The van der Waals surface area contributed by atoms with Crippen molar-refractivity contribution in [1.82, 2.24) is 5.32 Å². The van der Waals surface area contributed by atoms with Gasteiger partial charge < -0.3 is 5.32 Å². The molecule has 2 aromatic carbocycles. The summed E-state index contributed by atoms with van der Waals surface area (Å²) in [7, 11) is 0. The number of fused-ring (bicyclic) bond motifs is 1. The van der Waals surface area contributed by atoms with E-state index in [-0.39, 0.29) is 5.82 Å². The SMILES string of the molecule is Fc1cc(Cl)cc(CNC2CCc3ccccc3C2)c1. The Morgan fingerprint density at radius 1 is 1.15 bits per heavy atom. The van der Waals surface area contributed by atoms with Crippen molar-refractivity contribution in [2.45, 2.75) is 31.8 Å². The average Bonchev–Trinajstić information content (AvgIpc) is 2.44. The molecular formula is C17H17ClFN. The number of rotatable bonds is 3. The molecule has 1 nitrogen and oxygen atoms in total. The summed E-state index contributed by atoms with van der Waals surface area (Å²) in [6.45, 7) is 0.657. The summed E-state index contributed by atoms with van der Waals surface area (Å²) in [5.41, 5.74) is 3.78. The molecule has 1 N–H and O–H groups in total. The van der Waals surface area contributed by atoms with E-state index in [4.69, 9.17) is 11.6 Å². The number of hydrogen-bond acceptors (Lipinski definition) is 1. The van der Waals surface area contributed by atoms with Crippen molar-refractivity contribution in [3.05, 3.63) is 70.0 Å². The zero-order chi connectivity index (χ0) is 13.9. The fourth-order valence-electron chi connectivity index (χ4n) is 2.85. The van der Waals surface area contributed by atoms with Crippen LogP contribution in [0, 0.1) is 5.82 Å². The van der Waals surface area contributed by atoms with Crippen molar-refractivity contribution in [2.75, 3.05) is 0 Å². The van der Waals surface area contributed by atoms with E-state index in [0.29, 0.717) is 17.6 Å². The first kappa shape index (κ1) is 13.6. The maximum absolute atomic E-state index is 13.3. The minimum Gasteiger partial charge on any atom is -0.310 e. The third-order valence-corrected chi connectivity index (χ3v) is 4.08. The lowest BCUT2D eigenvalue weighted by Crippen LogP contribution is -2.34. The summed E-state index contributed by atoms with van der Waals surface area (Å²) in [5.74, 6) is -0.275. The van der Waals surface area contributed by atoms with Crippen LogP contribution in [0.25, 0.3) is 0 Å². The smallest absolute Gasteiger partial charge is 0.125 e. The summed E-state index contributed by atoms with van der Waals surface area (Å²) in [4.78, 5) is 0. The Hall–Kier alpha value is -1.38. The van der Waals surface area contributed by atoms with E-state index in [1.165, 1.54) is 23.3 Å². The van der Waals surface area contributed by atoms with Crippen molar-refractivity contribution >= 4 is 11.6 Å². The van der Waals surface area contributed by atoms with E-state index in [9.17, 15) is 4.39 Å². The van der Waals surface area contributed by atoms with Crippen LogP contribution in [0.15, 0.2) is 42.5 Å². The first-order valence-electron chi connectivity index (χ1n) is 6.96. The van der Waals surface area contributed by atoms with Gasteiger partial charge in [0.1, 0.15) is 5.82 Å². The van der Waals surface area contributed by atoms with E-state index in [2.05, 4.69) is 29.6 Å². The minimum atomic E-state index is -0.275. The van der Waals surface area contributed by atoms with E-state index in [1.807, 2.05) is 6.07 Å². The molecule has 3 rings (SSSR count). The van der Waals surface area contributed by atoms with Gasteiger partial charge in [-0.3, -0.25) is 0 Å². The lowest BCUT2D eigenvalue weighted by Gasteiger charge is -2.25. The molecule has 0 bridgehead atoms. The lowest BCUT2D eigenvalue weighted by atomic mass is 9.88. The van der Waals surface area contributed by atoms with Gasteiger partial charge in [-0.25, -0.2) is 4.39 Å². The maximum atomic E-state index is 13.3. The molecule has 0 saturated carbocycles. The third kappa shape index (κ3) is 3.20. The van der Waals surface area contributed by atoms with Gasteiger partial charge in [0.15, 0.2) is 0 Å². The van der Waals surface area contributed by atoms with Crippen LogP contribution in [-0.2, 0) is 19.4 Å². The number of halogens is 2. The van der Waals surface area contributed by atoms with Crippen LogP contribution < -0.4 is 5.32 Å². The van der Waals surface area contributed by atoms with Gasteiger partial charge in [-0.15, -0.1) is 0 Å². The van der Waals surface area contributed by atoms with E-state index in [0.717, 1.165) is 24.8 Å². The summed E-state index contributed by atoms with van der Waals surface area (Å²) < 4.78 is 13.3. The average molecular weight is 290 g/mol. The van der Waals surface area contributed by atoms with Gasteiger partial charge in [-0.1, -0.05) is 35.9 Å². The highest BCUT2D eigenvalue weighted by molar-refractivity contribution is 6.30.